The molecule has 0 aliphatic carbocycles. The van der Waals surface area contributed by atoms with Crippen LogP contribution < -0.4 is 10.7 Å². The van der Waals surface area contributed by atoms with Crippen LogP contribution in [0.5, 0.6) is 0 Å². The molecule has 4 nitrogen and oxygen atoms in total. The van der Waals surface area contributed by atoms with E-state index in [1.165, 1.54) is 0 Å². The third-order valence-corrected chi connectivity index (χ3v) is 5.98. The Morgan fingerprint density at radius 2 is 1.59 bits per heavy atom. The Labute approximate surface area is 179 Å². The third-order valence-electron chi connectivity index (χ3n) is 5.76. The fourth-order valence-corrected chi connectivity index (χ4v) is 4.11. The van der Waals surface area contributed by atoms with Crippen LogP contribution in [0.2, 0.25) is 5.02 Å². The summed E-state index contributed by atoms with van der Waals surface area (Å²) in [6.45, 7) is 12.7. The van der Waals surface area contributed by atoms with Gasteiger partial charge in [-0.05, 0) is 63.3 Å². The van der Waals surface area contributed by atoms with Gasteiger partial charge in [0.2, 0.25) is 0 Å². The maximum atomic E-state index is 13.3. The molecule has 0 saturated heterocycles. The van der Waals surface area contributed by atoms with Crippen molar-refractivity contribution in [2.24, 2.45) is 0 Å². The molecule has 0 radical (unpaired) electrons. The Bertz CT molecular complexity index is 935. The maximum absolute atomic E-state index is 13.3. The van der Waals surface area contributed by atoms with E-state index in [1.807, 2.05) is 39.8 Å². The number of nitrogens with zero attached hydrogens (tertiary/aromatic N) is 1. The summed E-state index contributed by atoms with van der Waals surface area (Å²) in [5, 5.41) is 3.70. The van der Waals surface area contributed by atoms with Gasteiger partial charge in [-0.2, -0.15) is 0 Å². The van der Waals surface area contributed by atoms with Crippen LogP contribution in [-0.2, 0) is 19.4 Å². The number of nitrogens with one attached hydrogen (secondary N) is 1. The zero-order valence-electron chi connectivity index (χ0n) is 18.5. The first-order valence-electron chi connectivity index (χ1n) is 10.6. The van der Waals surface area contributed by atoms with E-state index in [1.54, 1.807) is 6.92 Å². The smallest absolute Gasteiger partial charge is 0.261 e. The number of carbonyl (C=O) groups is 1. The molecule has 1 aromatic heterocycles. The highest BCUT2D eigenvalue weighted by atomic mass is 35.5. The van der Waals surface area contributed by atoms with E-state index in [0.29, 0.717) is 10.6 Å². The van der Waals surface area contributed by atoms with Crippen LogP contribution in [0.15, 0.2) is 16.9 Å². The van der Waals surface area contributed by atoms with Crippen LogP contribution in [0.3, 0.4) is 0 Å². The lowest BCUT2D eigenvalue weighted by atomic mass is 10.0. The molecule has 0 spiro atoms. The van der Waals surface area contributed by atoms with Crippen LogP contribution in [0.1, 0.15) is 78.5 Å². The molecular formula is C24H33ClN2O2. The van der Waals surface area contributed by atoms with E-state index in [9.17, 15) is 9.59 Å². The van der Waals surface area contributed by atoms with E-state index < -0.39 is 0 Å². The zero-order chi connectivity index (χ0) is 21.7. The summed E-state index contributed by atoms with van der Waals surface area (Å²) in [6.07, 6.45) is 4.77. The number of halogens is 1. The highest BCUT2D eigenvalue weighted by Crippen LogP contribution is 2.28. The van der Waals surface area contributed by atoms with Gasteiger partial charge in [0.25, 0.3) is 5.91 Å². The molecule has 2 aromatic rings. The van der Waals surface area contributed by atoms with Crippen molar-refractivity contribution in [3.8, 4) is 0 Å². The summed E-state index contributed by atoms with van der Waals surface area (Å²) in [4.78, 5) is 26.3. The van der Waals surface area contributed by atoms with Crippen molar-refractivity contribution in [3.63, 3.8) is 0 Å². The normalized spacial score (nSPS) is 11.0. The second-order valence-electron chi connectivity index (χ2n) is 7.62. The number of carbonyl (C=O) groups excluding carboxylic acids is 1. The van der Waals surface area contributed by atoms with Crippen LogP contribution in [0.4, 0.5) is 5.69 Å². The van der Waals surface area contributed by atoms with Crippen LogP contribution in [0.25, 0.3) is 0 Å². The van der Waals surface area contributed by atoms with E-state index in [2.05, 4.69) is 16.8 Å². The summed E-state index contributed by atoms with van der Waals surface area (Å²) in [5.74, 6) is -0.341. The van der Waals surface area contributed by atoms with Crippen molar-refractivity contribution in [2.45, 2.75) is 80.2 Å². The standard InChI is InChI=1S/C24H33ClN2O2/c1-7-10-11-12-27-16(5)15(4)23(28)21(17(27)6)24(29)26-22-18(8-2)13-20(25)14-19(22)9-3/h13-14H,7-12H2,1-6H3,(H,26,29). The molecule has 1 N–H and O–H groups in total. The van der Waals surface area contributed by atoms with E-state index in [4.69, 9.17) is 11.6 Å². The van der Waals surface area contributed by atoms with Crippen molar-refractivity contribution in [1.82, 2.24) is 4.57 Å². The number of hydrogen-bond donors (Lipinski definition) is 1. The van der Waals surface area contributed by atoms with Gasteiger partial charge in [0, 0.05) is 34.2 Å². The first-order valence-corrected chi connectivity index (χ1v) is 11.0. The first kappa shape index (κ1) is 23.2. The molecule has 5 heteroatoms. The number of aromatic nitrogens is 1. The molecule has 0 aliphatic heterocycles. The molecular weight excluding hydrogens is 384 g/mol. The first-order chi connectivity index (χ1) is 13.8. The van der Waals surface area contributed by atoms with Gasteiger partial charge >= 0.3 is 0 Å². The van der Waals surface area contributed by atoms with Crippen LogP contribution in [-0.4, -0.2) is 10.5 Å². The molecule has 1 aromatic carbocycles. The molecule has 1 amide bonds. The van der Waals surface area contributed by atoms with Crippen molar-refractivity contribution >= 4 is 23.2 Å². The molecule has 0 aliphatic rings. The summed E-state index contributed by atoms with van der Waals surface area (Å²) in [5.41, 5.74) is 5.10. The Morgan fingerprint density at radius 1 is 1.00 bits per heavy atom. The van der Waals surface area contributed by atoms with Gasteiger partial charge in [-0.15, -0.1) is 0 Å². The number of anilines is 1. The largest absolute Gasteiger partial charge is 0.348 e. The average Bonchev–Trinajstić information content (AvgIpc) is 2.69. The lowest BCUT2D eigenvalue weighted by Gasteiger charge is -2.21. The van der Waals surface area contributed by atoms with E-state index in [0.717, 1.165) is 66.9 Å². The van der Waals surface area contributed by atoms with Gasteiger partial charge in [-0.25, -0.2) is 0 Å². The number of benzene rings is 1. The quantitative estimate of drug-likeness (QED) is 0.537. The molecule has 0 atom stereocenters. The summed E-state index contributed by atoms with van der Waals surface area (Å²) < 4.78 is 2.12. The van der Waals surface area contributed by atoms with Crippen molar-refractivity contribution < 1.29 is 4.79 Å². The number of unbranched alkanes of at least 4 members (excludes halogenated alkanes) is 2. The van der Waals surface area contributed by atoms with Gasteiger partial charge in [0.15, 0.2) is 5.43 Å². The fraction of sp³-hybridized carbons (Fsp3) is 0.500. The molecule has 158 valence electrons. The highest BCUT2D eigenvalue weighted by Gasteiger charge is 2.22. The fourth-order valence-electron chi connectivity index (χ4n) is 3.85. The number of aryl methyl sites for hydroxylation is 2. The van der Waals surface area contributed by atoms with Crippen molar-refractivity contribution in [2.75, 3.05) is 5.32 Å². The predicted octanol–water partition coefficient (Wildman–Crippen LogP) is 5.99. The Hall–Kier alpha value is -2.07. The third kappa shape index (κ3) is 4.92. The van der Waals surface area contributed by atoms with E-state index >= 15 is 0 Å². The maximum Gasteiger partial charge on any atom is 0.261 e. The second-order valence-corrected chi connectivity index (χ2v) is 8.06. The molecule has 1 heterocycles. The molecule has 29 heavy (non-hydrogen) atoms. The molecule has 0 fully saturated rings. The monoisotopic (exact) mass is 416 g/mol. The molecule has 0 bridgehead atoms. The van der Waals surface area contributed by atoms with Crippen LogP contribution >= 0.6 is 11.6 Å². The van der Waals surface area contributed by atoms with Gasteiger partial charge in [-0.3, -0.25) is 9.59 Å². The Morgan fingerprint density at radius 3 is 2.10 bits per heavy atom. The predicted molar refractivity (Wildman–Crippen MR) is 123 cm³/mol. The Balaban J connectivity index is 2.53. The van der Waals surface area contributed by atoms with Gasteiger partial charge < -0.3 is 9.88 Å². The minimum atomic E-state index is -0.341. The summed E-state index contributed by atoms with van der Waals surface area (Å²) in [6, 6.07) is 3.76. The topological polar surface area (TPSA) is 51.1 Å². The van der Waals surface area contributed by atoms with Gasteiger partial charge in [-0.1, -0.05) is 45.2 Å². The summed E-state index contributed by atoms with van der Waals surface area (Å²) >= 11 is 6.24. The number of rotatable bonds is 8. The van der Waals surface area contributed by atoms with Crippen LogP contribution in [0, 0.1) is 20.8 Å². The van der Waals surface area contributed by atoms with Gasteiger partial charge in [0.1, 0.15) is 5.56 Å². The van der Waals surface area contributed by atoms with E-state index in [-0.39, 0.29) is 16.9 Å². The average molecular weight is 417 g/mol. The minimum absolute atomic E-state index is 0.186. The number of pyridine rings is 1. The lowest BCUT2D eigenvalue weighted by Crippen LogP contribution is -2.30. The Kier molecular flexibility index (Phi) is 8.09. The minimum Gasteiger partial charge on any atom is -0.348 e. The zero-order valence-corrected chi connectivity index (χ0v) is 19.3. The second kappa shape index (κ2) is 10.1. The lowest BCUT2D eigenvalue weighted by molar-refractivity contribution is 0.102. The SMILES string of the molecule is CCCCCn1c(C)c(C)c(=O)c(C(=O)Nc2c(CC)cc(Cl)cc2CC)c1C. The number of amides is 1. The summed E-state index contributed by atoms with van der Waals surface area (Å²) in [7, 11) is 0. The molecule has 0 unspecified atom stereocenters. The highest BCUT2D eigenvalue weighted by molar-refractivity contribution is 6.30. The van der Waals surface area contributed by atoms with Crippen molar-refractivity contribution in [1.29, 1.82) is 0 Å². The molecule has 2 rings (SSSR count). The molecule has 0 saturated carbocycles. The van der Waals surface area contributed by atoms with Gasteiger partial charge in [0.05, 0.1) is 0 Å². The number of hydrogen-bond acceptors (Lipinski definition) is 2. The van der Waals surface area contributed by atoms with Crippen molar-refractivity contribution in [3.05, 3.63) is 61.0 Å².